The summed E-state index contributed by atoms with van der Waals surface area (Å²) in [5.74, 6) is -0.0152. The standard InChI is InChI=1S/C23H33F3N4O2/c1-17(2)16-30-21(32)29(11-5-7-19-6-4-10-27-15-19)20(31)22(30)8-12-28(13-9-22)18(3)14-23(24,25)26/h4,6,10,15,17-18H,5,7-9,11-14,16H2,1-3H3. The fourth-order valence-corrected chi connectivity index (χ4v) is 4.87. The van der Waals surface area contributed by atoms with Crippen molar-refractivity contribution >= 4 is 11.9 Å². The highest BCUT2D eigenvalue weighted by atomic mass is 19.4. The number of aryl methyl sites for hydroxylation is 1. The first-order chi connectivity index (χ1) is 15.0. The van der Waals surface area contributed by atoms with E-state index in [2.05, 4.69) is 4.98 Å². The number of hydrogen-bond acceptors (Lipinski definition) is 4. The first-order valence-corrected chi connectivity index (χ1v) is 11.4. The molecule has 1 aromatic rings. The molecule has 1 unspecified atom stereocenters. The van der Waals surface area contributed by atoms with Crippen LogP contribution < -0.4 is 0 Å². The van der Waals surface area contributed by atoms with Crippen molar-refractivity contribution in [3.63, 3.8) is 0 Å². The second-order valence-corrected chi connectivity index (χ2v) is 9.44. The number of urea groups is 1. The molecule has 0 aromatic carbocycles. The number of nitrogens with zero attached hydrogens (tertiary/aromatic N) is 4. The van der Waals surface area contributed by atoms with Crippen LogP contribution in [-0.4, -0.2) is 75.6 Å². The highest BCUT2D eigenvalue weighted by molar-refractivity contribution is 6.07. The zero-order valence-corrected chi connectivity index (χ0v) is 19.1. The molecule has 6 nitrogen and oxygen atoms in total. The summed E-state index contributed by atoms with van der Waals surface area (Å²) in [6.07, 6.45) is 0.474. The number of alkyl halides is 3. The van der Waals surface area contributed by atoms with Gasteiger partial charge in [0.2, 0.25) is 0 Å². The molecule has 9 heteroatoms. The van der Waals surface area contributed by atoms with E-state index >= 15 is 0 Å². The molecule has 3 heterocycles. The largest absolute Gasteiger partial charge is 0.390 e. The third-order valence-corrected chi connectivity index (χ3v) is 6.51. The number of imide groups is 1. The van der Waals surface area contributed by atoms with Crippen molar-refractivity contribution in [1.82, 2.24) is 19.7 Å². The van der Waals surface area contributed by atoms with Gasteiger partial charge in [0, 0.05) is 44.6 Å². The van der Waals surface area contributed by atoms with E-state index in [4.69, 9.17) is 0 Å². The van der Waals surface area contributed by atoms with Crippen molar-refractivity contribution in [2.24, 2.45) is 5.92 Å². The highest BCUT2D eigenvalue weighted by Crippen LogP contribution is 2.39. The quantitative estimate of drug-likeness (QED) is 0.555. The number of amides is 3. The van der Waals surface area contributed by atoms with Crippen LogP contribution in [0.5, 0.6) is 0 Å². The zero-order chi connectivity index (χ0) is 23.5. The van der Waals surface area contributed by atoms with Crippen LogP contribution in [0.2, 0.25) is 0 Å². The first-order valence-electron chi connectivity index (χ1n) is 11.4. The molecule has 2 saturated heterocycles. The summed E-state index contributed by atoms with van der Waals surface area (Å²) in [5, 5.41) is 0. The number of aromatic nitrogens is 1. The number of carbonyl (C=O) groups excluding carboxylic acids is 2. The van der Waals surface area contributed by atoms with Crippen LogP contribution in [0, 0.1) is 5.92 Å². The normalized spacial score (nSPS) is 20.6. The molecule has 1 atom stereocenters. The molecule has 1 aromatic heterocycles. The molecule has 32 heavy (non-hydrogen) atoms. The topological polar surface area (TPSA) is 56.8 Å². The SMILES string of the molecule is CC(C)CN1C(=O)N(CCCc2cccnc2)C(=O)C12CCN(C(C)CC(F)(F)F)CC2. The van der Waals surface area contributed by atoms with Crippen LogP contribution >= 0.6 is 0 Å². The van der Waals surface area contributed by atoms with Gasteiger partial charge in [0.05, 0.1) is 6.42 Å². The van der Waals surface area contributed by atoms with Crippen LogP contribution in [0.15, 0.2) is 24.5 Å². The lowest BCUT2D eigenvalue weighted by Gasteiger charge is -2.44. The van der Waals surface area contributed by atoms with E-state index in [9.17, 15) is 22.8 Å². The number of pyridine rings is 1. The van der Waals surface area contributed by atoms with E-state index in [1.165, 1.54) is 4.90 Å². The molecule has 3 rings (SSSR count). The number of carbonyl (C=O) groups is 2. The van der Waals surface area contributed by atoms with Crippen LogP contribution in [0.25, 0.3) is 0 Å². The number of likely N-dealkylation sites (tertiary alicyclic amines) is 1. The van der Waals surface area contributed by atoms with E-state index in [-0.39, 0.29) is 17.9 Å². The van der Waals surface area contributed by atoms with Gasteiger partial charge in [0.1, 0.15) is 5.54 Å². The molecular formula is C23H33F3N4O2. The molecule has 0 radical (unpaired) electrons. The number of hydrogen-bond donors (Lipinski definition) is 0. The molecule has 0 N–H and O–H groups in total. The Morgan fingerprint density at radius 1 is 1.16 bits per heavy atom. The predicted molar refractivity (Wildman–Crippen MR) is 115 cm³/mol. The highest BCUT2D eigenvalue weighted by Gasteiger charge is 2.58. The average Bonchev–Trinajstić information content (AvgIpc) is 2.90. The molecule has 2 fully saturated rings. The summed E-state index contributed by atoms with van der Waals surface area (Å²) >= 11 is 0. The predicted octanol–water partition coefficient (Wildman–Crippen LogP) is 4.11. The molecule has 0 bridgehead atoms. The first kappa shape index (κ1) is 24.5. The van der Waals surface area contributed by atoms with Gasteiger partial charge in [-0.05, 0) is 50.2 Å². The van der Waals surface area contributed by atoms with Gasteiger partial charge >= 0.3 is 12.2 Å². The van der Waals surface area contributed by atoms with E-state index in [1.54, 1.807) is 29.1 Å². The molecular weight excluding hydrogens is 421 g/mol. The van der Waals surface area contributed by atoms with E-state index in [0.29, 0.717) is 51.9 Å². The van der Waals surface area contributed by atoms with Gasteiger partial charge in [-0.3, -0.25) is 14.7 Å². The fraction of sp³-hybridized carbons (Fsp3) is 0.696. The second kappa shape index (κ2) is 9.77. The Morgan fingerprint density at radius 3 is 2.41 bits per heavy atom. The van der Waals surface area contributed by atoms with Gasteiger partial charge in [-0.25, -0.2) is 4.79 Å². The third kappa shape index (κ3) is 5.42. The van der Waals surface area contributed by atoms with E-state index in [0.717, 1.165) is 5.56 Å². The number of halogens is 3. The van der Waals surface area contributed by atoms with Crippen LogP contribution in [0.3, 0.4) is 0 Å². The number of rotatable bonds is 8. The van der Waals surface area contributed by atoms with Gasteiger partial charge < -0.3 is 9.80 Å². The maximum Gasteiger partial charge on any atom is 0.390 e. The summed E-state index contributed by atoms with van der Waals surface area (Å²) in [6.45, 7) is 7.10. The van der Waals surface area contributed by atoms with Crippen LogP contribution in [0.1, 0.15) is 52.0 Å². The molecule has 1 spiro atoms. The third-order valence-electron chi connectivity index (χ3n) is 6.51. The Balaban J connectivity index is 1.69. The Morgan fingerprint density at radius 2 is 1.84 bits per heavy atom. The summed E-state index contributed by atoms with van der Waals surface area (Å²) in [4.78, 5) is 35.6. The molecule has 178 valence electrons. The van der Waals surface area contributed by atoms with Crippen LogP contribution in [-0.2, 0) is 11.2 Å². The molecule has 2 aliphatic heterocycles. The summed E-state index contributed by atoms with van der Waals surface area (Å²) in [7, 11) is 0. The van der Waals surface area contributed by atoms with Gasteiger partial charge in [-0.15, -0.1) is 0 Å². The zero-order valence-electron chi connectivity index (χ0n) is 19.1. The van der Waals surface area contributed by atoms with Crippen LogP contribution in [0.4, 0.5) is 18.0 Å². The smallest absolute Gasteiger partial charge is 0.309 e. The molecule has 0 aliphatic carbocycles. The van der Waals surface area contributed by atoms with Crippen molar-refractivity contribution in [2.45, 2.75) is 70.6 Å². The Bertz CT molecular complexity index is 792. The molecule has 0 saturated carbocycles. The lowest BCUT2D eigenvalue weighted by atomic mass is 9.84. The minimum atomic E-state index is -4.22. The lowest BCUT2D eigenvalue weighted by Crippen LogP contribution is -2.58. The lowest BCUT2D eigenvalue weighted by molar-refractivity contribution is -0.150. The monoisotopic (exact) mass is 454 g/mol. The Hall–Kier alpha value is -2.16. The van der Waals surface area contributed by atoms with Crippen molar-refractivity contribution < 1.29 is 22.8 Å². The minimum Gasteiger partial charge on any atom is -0.309 e. The van der Waals surface area contributed by atoms with Crippen molar-refractivity contribution in [1.29, 1.82) is 0 Å². The van der Waals surface area contributed by atoms with Crippen molar-refractivity contribution in [3.8, 4) is 0 Å². The summed E-state index contributed by atoms with van der Waals surface area (Å²) in [5.41, 5.74) is 0.108. The second-order valence-electron chi connectivity index (χ2n) is 9.44. The summed E-state index contributed by atoms with van der Waals surface area (Å²) < 4.78 is 38.5. The molecule has 3 amide bonds. The average molecular weight is 455 g/mol. The van der Waals surface area contributed by atoms with E-state index in [1.807, 2.05) is 26.0 Å². The maximum atomic E-state index is 13.5. The van der Waals surface area contributed by atoms with E-state index < -0.39 is 24.2 Å². The maximum absolute atomic E-state index is 13.5. The van der Waals surface area contributed by atoms with Gasteiger partial charge in [-0.2, -0.15) is 13.2 Å². The Labute approximate surface area is 187 Å². The summed E-state index contributed by atoms with van der Waals surface area (Å²) in [6, 6.07) is 2.90. The minimum absolute atomic E-state index is 0.182. The van der Waals surface area contributed by atoms with Crippen molar-refractivity contribution in [3.05, 3.63) is 30.1 Å². The molecule has 2 aliphatic rings. The van der Waals surface area contributed by atoms with Gasteiger partial charge in [0.25, 0.3) is 5.91 Å². The van der Waals surface area contributed by atoms with Gasteiger partial charge in [0.15, 0.2) is 0 Å². The van der Waals surface area contributed by atoms with Gasteiger partial charge in [-0.1, -0.05) is 19.9 Å². The fourth-order valence-electron chi connectivity index (χ4n) is 4.87. The van der Waals surface area contributed by atoms with Crippen molar-refractivity contribution in [2.75, 3.05) is 26.2 Å². The number of piperidine rings is 1. The Kier molecular flexibility index (Phi) is 7.47.